The molecule has 0 aliphatic rings. The molecular formula is C14H19N3O. The van der Waals surface area contributed by atoms with Crippen molar-refractivity contribution in [1.82, 2.24) is 4.98 Å². The average molecular weight is 245 g/mol. The van der Waals surface area contributed by atoms with E-state index in [-0.39, 0.29) is 6.04 Å². The van der Waals surface area contributed by atoms with E-state index in [2.05, 4.69) is 17.2 Å². The van der Waals surface area contributed by atoms with Gasteiger partial charge in [0.2, 0.25) is 0 Å². The summed E-state index contributed by atoms with van der Waals surface area (Å²) in [6.45, 7) is 4.72. The first-order valence-electron chi connectivity index (χ1n) is 6.02. The van der Waals surface area contributed by atoms with Crippen molar-refractivity contribution in [3.63, 3.8) is 0 Å². The first-order chi connectivity index (χ1) is 8.61. The van der Waals surface area contributed by atoms with E-state index in [1.54, 1.807) is 7.11 Å². The number of ether oxygens (including phenoxy) is 1. The fraction of sp³-hybridized carbons (Fsp3) is 0.357. The van der Waals surface area contributed by atoms with Crippen LogP contribution in [0.2, 0.25) is 0 Å². The molecule has 0 aliphatic heterocycles. The number of pyridine rings is 1. The minimum absolute atomic E-state index is 0.246. The molecule has 0 saturated carbocycles. The van der Waals surface area contributed by atoms with Crippen LogP contribution in [-0.2, 0) is 4.74 Å². The van der Waals surface area contributed by atoms with Crippen LogP contribution in [0.25, 0.3) is 10.8 Å². The van der Waals surface area contributed by atoms with Gasteiger partial charge in [-0.15, -0.1) is 0 Å². The van der Waals surface area contributed by atoms with Gasteiger partial charge in [-0.3, -0.25) is 4.98 Å². The Bertz CT molecular complexity index is 554. The largest absolute Gasteiger partial charge is 0.398 e. The second kappa shape index (κ2) is 5.23. The Balaban J connectivity index is 2.44. The standard InChI is InChI=1S/C14H19N3O/c1-9-6-11-12(7-16-9)13(15)4-5-14(11)17-10(2)8-18-3/h4-7,10,17H,8,15H2,1-3H3. The number of aromatic nitrogens is 1. The Hall–Kier alpha value is -1.81. The molecule has 1 unspecified atom stereocenters. The number of hydrogen-bond donors (Lipinski definition) is 2. The van der Waals surface area contributed by atoms with Crippen LogP contribution in [0.1, 0.15) is 12.6 Å². The lowest BCUT2D eigenvalue weighted by molar-refractivity contribution is 0.190. The van der Waals surface area contributed by atoms with E-state index in [0.717, 1.165) is 27.8 Å². The van der Waals surface area contributed by atoms with E-state index >= 15 is 0 Å². The van der Waals surface area contributed by atoms with Crippen LogP contribution in [-0.4, -0.2) is 24.7 Å². The number of nitrogens with one attached hydrogen (secondary N) is 1. The molecule has 0 spiro atoms. The lowest BCUT2D eigenvalue weighted by atomic mass is 10.1. The zero-order valence-corrected chi connectivity index (χ0v) is 11.0. The van der Waals surface area contributed by atoms with Gasteiger partial charge in [-0.2, -0.15) is 0 Å². The van der Waals surface area contributed by atoms with Gasteiger partial charge in [0.25, 0.3) is 0 Å². The maximum atomic E-state index is 5.97. The van der Waals surface area contributed by atoms with Crippen LogP contribution >= 0.6 is 0 Å². The van der Waals surface area contributed by atoms with Crippen LogP contribution in [0.15, 0.2) is 24.4 Å². The number of nitrogen functional groups attached to an aromatic ring is 1. The van der Waals surface area contributed by atoms with Gasteiger partial charge in [0.05, 0.1) is 6.61 Å². The molecule has 0 aliphatic carbocycles. The lowest BCUT2D eigenvalue weighted by Gasteiger charge is -2.17. The number of aryl methyl sites for hydroxylation is 1. The molecule has 4 nitrogen and oxygen atoms in total. The van der Waals surface area contributed by atoms with Crippen LogP contribution in [0, 0.1) is 6.92 Å². The Morgan fingerprint density at radius 2 is 2.17 bits per heavy atom. The second-order valence-corrected chi connectivity index (χ2v) is 4.57. The summed E-state index contributed by atoms with van der Waals surface area (Å²) in [5.41, 5.74) is 8.77. The van der Waals surface area contributed by atoms with Gasteiger partial charge in [0, 0.05) is 47.2 Å². The summed E-state index contributed by atoms with van der Waals surface area (Å²) in [5, 5.41) is 5.52. The third-order valence-electron chi connectivity index (χ3n) is 2.89. The predicted molar refractivity (Wildman–Crippen MR) is 75.9 cm³/mol. The molecule has 0 amide bonds. The number of benzene rings is 1. The number of hydrogen-bond acceptors (Lipinski definition) is 4. The second-order valence-electron chi connectivity index (χ2n) is 4.57. The average Bonchev–Trinajstić information content (AvgIpc) is 2.33. The number of rotatable bonds is 4. The molecule has 4 heteroatoms. The summed E-state index contributed by atoms with van der Waals surface area (Å²) >= 11 is 0. The van der Waals surface area contributed by atoms with Gasteiger partial charge < -0.3 is 15.8 Å². The first-order valence-corrected chi connectivity index (χ1v) is 6.02. The molecule has 96 valence electrons. The highest BCUT2D eigenvalue weighted by Gasteiger charge is 2.07. The van der Waals surface area contributed by atoms with E-state index in [0.29, 0.717) is 6.61 Å². The molecule has 3 N–H and O–H groups in total. The highest BCUT2D eigenvalue weighted by atomic mass is 16.5. The summed E-state index contributed by atoms with van der Waals surface area (Å²) in [5.74, 6) is 0. The maximum Gasteiger partial charge on any atom is 0.0661 e. The number of fused-ring (bicyclic) bond motifs is 1. The Morgan fingerprint density at radius 3 is 2.89 bits per heavy atom. The quantitative estimate of drug-likeness (QED) is 0.813. The predicted octanol–water partition coefficient (Wildman–Crippen LogP) is 2.57. The van der Waals surface area contributed by atoms with E-state index in [1.807, 2.05) is 31.3 Å². The van der Waals surface area contributed by atoms with Crippen molar-refractivity contribution >= 4 is 22.1 Å². The van der Waals surface area contributed by atoms with Crippen molar-refractivity contribution in [3.8, 4) is 0 Å². The highest BCUT2D eigenvalue weighted by Crippen LogP contribution is 2.28. The fourth-order valence-electron chi connectivity index (χ4n) is 2.05. The summed E-state index contributed by atoms with van der Waals surface area (Å²) in [4.78, 5) is 4.29. The van der Waals surface area contributed by atoms with Crippen molar-refractivity contribution in [2.24, 2.45) is 0 Å². The van der Waals surface area contributed by atoms with Crippen molar-refractivity contribution in [3.05, 3.63) is 30.1 Å². The van der Waals surface area contributed by atoms with Gasteiger partial charge in [-0.1, -0.05) is 0 Å². The van der Waals surface area contributed by atoms with E-state index in [1.165, 1.54) is 0 Å². The minimum Gasteiger partial charge on any atom is -0.398 e. The summed E-state index contributed by atoms with van der Waals surface area (Å²) in [6.07, 6.45) is 1.83. The molecular weight excluding hydrogens is 226 g/mol. The number of anilines is 2. The molecule has 2 aromatic rings. The molecule has 18 heavy (non-hydrogen) atoms. The van der Waals surface area contributed by atoms with Crippen molar-refractivity contribution in [2.75, 3.05) is 24.8 Å². The molecule has 1 aromatic heterocycles. The van der Waals surface area contributed by atoms with E-state index in [4.69, 9.17) is 10.5 Å². The minimum atomic E-state index is 0.246. The topological polar surface area (TPSA) is 60.2 Å². The monoisotopic (exact) mass is 245 g/mol. The van der Waals surface area contributed by atoms with Crippen LogP contribution in [0.3, 0.4) is 0 Å². The summed E-state index contributed by atoms with van der Waals surface area (Å²) in [7, 11) is 1.70. The normalized spacial score (nSPS) is 12.6. The molecule has 0 bridgehead atoms. The third kappa shape index (κ3) is 2.54. The lowest BCUT2D eigenvalue weighted by Crippen LogP contribution is -2.20. The van der Waals surface area contributed by atoms with Crippen molar-refractivity contribution in [1.29, 1.82) is 0 Å². The molecule has 1 aromatic carbocycles. The molecule has 0 saturated heterocycles. The SMILES string of the molecule is COCC(C)Nc1ccc(N)c2cnc(C)cc12. The Kier molecular flexibility index (Phi) is 3.67. The molecule has 0 fully saturated rings. The molecule has 1 atom stereocenters. The van der Waals surface area contributed by atoms with Gasteiger partial charge in [-0.05, 0) is 32.0 Å². The Labute approximate surface area is 107 Å². The van der Waals surface area contributed by atoms with E-state index in [9.17, 15) is 0 Å². The first kappa shape index (κ1) is 12.6. The van der Waals surface area contributed by atoms with Crippen molar-refractivity contribution < 1.29 is 4.74 Å². The van der Waals surface area contributed by atoms with Gasteiger partial charge in [-0.25, -0.2) is 0 Å². The zero-order chi connectivity index (χ0) is 13.1. The third-order valence-corrected chi connectivity index (χ3v) is 2.89. The summed E-state index contributed by atoms with van der Waals surface area (Å²) < 4.78 is 5.14. The molecule has 0 radical (unpaired) electrons. The number of nitrogens with zero attached hydrogens (tertiary/aromatic N) is 1. The van der Waals surface area contributed by atoms with Gasteiger partial charge in [0.15, 0.2) is 0 Å². The Morgan fingerprint density at radius 1 is 1.39 bits per heavy atom. The maximum absolute atomic E-state index is 5.97. The smallest absolute Gasteiger partial charge is 0.0661 e. The van der Waals surface area contributed by atoms with Gasteiger partial charge in [0.1, 0.15) is 0 Å². The van der Waals surface area contributed by atoms with Crippen LogP contribution < -0.4 is 11.1 Å². The zero-order valence-electron chi connectivity index (χ0n) is 11.0. The van der Waals surface area contributed by atoms with Crippen LogP contribution in [0.4, 0.5) is 11.4 Å². The summed E-state index contributed by atoms with van der Waals surface area (Å²) in [6, 6.07) is 6.20. The number of methoxy groups -OCH3 is 1. The van der Waals surface area contributed by atoms with Crippen molar-refractivity contribution in [2.45, 2.75) is 19.9 Å². The van der Waals surface area contributed by atoms with Crippen LogP contribution in [0.5, 0.6) is 0 Å². The van der Waals surface area contributed by atoms with Gasteiger partial charge >= 0.3 is 0 Å². The fourth-order valence-corrected chi connectivity index (χ4v) is 2.05. The highest BCUT2D eigenvalue weighted by molar-refractivity contribution is 6.00. The number of nitrogens with two attached hydrogens (primary N) is 1. The molecule has 2 rings (SSSR count). The molecule has 1 heterocycles. The van der Waals surface area contributed by atoms with E-state index < -0.39 is 0 Å².